The van der Waals surface area contributed by atoms with Crippen molar-refractivity contribution >= 4 is 11.3 Å². The number of hydrogen-bond donors (Lipinski definition) is 1. The molecule has 11 nitrogen and oxygen atoms in total. The van der Waals surface area contributed by atoms with Gasteiger partial charge in [0.1, 0.15) is 11.9 Å². The van der Waals surface area contributed by atoms with Gasteiger partial charge in [0.05, 0.1) is 48.7 Å². The van der Waals surface area contributed by atoms with Gasteiger partial charge in [0, 0.05) is 73.6 Å². The maximum Gasteiger partial charge on any atom is 0.212 e. The largest absolute Gasteiger partial charge is 0.481 e. The summed E-state index contributed by atoms with van der Waals surface area (Å²) in [6, 6.07) is 8.27. The highest BCUT2D eigenvalue weighted by Crippen LogP contribution is 2.44. The van der Waals surface area contributed by atoms with Crippen LogP contribution in [0.5, 0.6) is 5.88 Å². The van der Waals surface area contributed by atoms with Crippen molar-refractivity contribution in [3.05, 3.63) is 72.7 Å². The Morgan fingerprint density at radius 2 is 1.83 bits per heavy atom. The molecule has 1 N–H and O–H groups in total. The number of aryl methyl sites for hydroxylation is 1. The zero-order chi connectivity index (χ0) is 28.8. The number of fused-ring (bicyclic) bond motifs is 2. The zero-order valence-electron chi connectivity index (χ0n) is 23.9. The molecule has 0 spiro atoms. The van der Waals surface area contributed by atoms with Crippen LogP contribution < -0.4 is 15.0 Å². The predicted molar refractivity (Wildman–Crippen MR) is 158 cm³/mol. The number of ether oxygens (including phenoxy) is 1. The number of aromatic nitrogens is 7. The Labute approximate surface area is 243 Å². The van der Waals surface area contributed by atoms with Gasteiger partial charge in [-0.15, -0.1) is 0 Å². The van der Waals surface area contributed by atoms with E-state index in [1.807, 2.05) is 56.4 Å². The molecule has 3 atom stereocenters. The van der Waals surface area contributed by atoms with Crippen LogP contribution in [0, 0.1) is 23.2 Å². The van der Waals surface area contributed by atoms with E-state index in [9.17, 15) is 5.26 Å². The fourth-order valence-electron chi connectivity index (χ4n) is 6.68. The molecule has 1 unspecified atom stereocenters. The first-order chi connectivity index (χ1) is 20.4. The Balaban J connectivity index is 1.06. The average molecular weight is 561 g/mol. The third kappa shape index (κ3) is 4.73. The molecule has 0 amide bonds. The number of pyridine rings is 2. The van der Waals surface area contributed by atoms with Crippen LogP contribution in [0.25, 0.3) is 27.9 Å². The highest BCUT2D eigenvalue weighted by atomic mass is 16.5. The van der Waals surface area contributed by atoms with Crippen LogP contribution in [0.15, 0.2) is 61.6 Å². The molecule has 5 aromatic heterocycles. The molecule has 5 aromatic rings. The lowest BCUT2D eigenvalue weighted by Gasteiger charge is -2.29. The number of hydrogen-bond acceptors (Lipinski definition) is 9. The van der Waals surface area contributed by atoms with E-state index in [-0.39, 0.29) is 5.54 Å². The molecule has 1 saturated heterocycles. The van der Waals surface area contributed by atoms with Gasteiger partial charge in [0.15, 0.2) is 0 Å². The van der Waals surface area contributed by atoms with E-state index in [1.165, 1.54) is 0 Å². The van der Waals surface area contributed by atoms with Crippen LogP contribution in [-0.2, 0) is 13.6 Å². The lowest BCUT2D eigenvalue weighted by Crippen LogP contribution is -2.41. The fraction of sp³-hybridized carbons (Fsp3) is 0.355. The summed E-state index contributed by atoms with van der Waals surface area (Å²) in [7, 11) is 3.52. The maximum atomic E-state index is 9.73. The third-order valence-electron chi connectivity index (χ3n) is 8.74. The lowest BCUT2D eigenvalue weighted by atomic mass is 9.97. The molecule has 1 saturated carbocycles. The van der Waals surface area contributed by atoms with Gasteiger partial charge in [0.2, 0.25) is 5.88 Å². The highest BCUT2D eigenvalue weighted by Gasteiger charge is 2.46. The van der Waals surface area contributed by atoms with Gasteiger partial charge < -0.3 is 15.0 Å². The first-order valence-electron chi connectivity index (χ1n) is 14.1. The molecular weight excluding hydrogens is 528 g/mol. The molecule has 2 fully saturated rings. The Bertz CT molecular complexity index is 1770. The molecule has 1 aliphatic heterocycles. The van der Waals surface area contributed by atoms with Crippen molar-refractivity contribution in [2.75, 3.05) is 25.1 Å². The SMILES string of the molecule is COc1ccc(CNC2(C)C[C@H]3CN(c4cnc(-c5cc(-c6cnn(C)c6)cn6ncc(C#N)c56)cn4)C[C@H]3C2)cn1. The van der Waals surface area contributed by atoms with E-state index in [0.29, 0.717) is 29.0 Å². The first-order valence-corrected chi connectivity index (χ1v) is 14.1. The first kappa shape index (κ1) is 26.1. The van der Waals surface area contributed by atoms with Crippen molar-refractivity contribution in [3.63, 3.8) is 0 Å². The molecule has 0 bridgehead atoms. The lowest BCUT2D eigenvalue weighted by molar-refractivity contribution is 0.340. The average Bonchev–Trinajstić information content (AvgIpc) is 3.79. The van der Waals surface area contributed by atoms with E-state index < -0.39 is 0 Å². The molecule has 7 rings (SSSR count). The topological polar surface area (TPSA) is 122 Å². The maximum absolute atomic E-state index is 9.73. The summed E-state index contributed by atoms with van der Waals surface area (Å²) in [4.78, 5) is 16.4. The normalized spacial score (nSPS) is 21.5. The molecule has 6 heterocycles. The minimum Gasteiger partial charge on any atom is -0.481 e. The zero-order valence-corrected chi connectivity index (χ0v) is 23.9. The number of rotatable bonds is 7. The van der Waals surface area contributed by atoms with Crippen LogP contribution in [-0.4, -0.2) is 60.1 Å². The van der Waals surface area contributed by atoms with Gasteiger partial charge in [-0.05, 0) is 43.2 Å². The van der Waals surface area contributed by atoms with Gasteiger partial charge in [-0.1, -0.05) is 6.07 Å². The standard InChI is InChI=1S/C31H32N10O/c1-31(36-11-20-4-5-29(42-3)35-10-20)7-22-17-40(18-23(22)8-31)28-15-33-27(14-34-28)26-6-21(25-13-37-39(2)16-25)19-41-30(26)24(9-32)12-38-41/h4-6,10,12-16,19,22-23,36H,7-8,11,17-18H2,1-3H3/t22-,23+,31?. The summed E-state index contributed by atoms with van der Waals surface area (Å²) in [5.74, 6) is 2.75. The van der Waals surface area contributed by atoms with E-state index >= 15 is 0 Å². The van der Waals surface area contributed by atoms with Crippen molar-refractivity contribution < 1.29 is 4.74 Å². The molecular formula is C31H32N10O. The van der Waals surface area contributed by atoms with Gasteiger partial charge in [0.25, 0.3) is 0 Å². The summed E-state index contributed by atoms with van der Waals surface area (Å²) in [5.41, 5.74) is 5.91. The van der Waals surface area contributed by atoms with E-state index in [1.54, 1.807) is 22.5 Å². The molecule has 11 heteroatoms. The van der Waals surface area contributed by atoms with Crippen molar-refractivity contribution in [2.24, 2.45) is 18.9 Å². The molecule has 2 aliphatic rings. The summed E-state index contributed by atoms with van der Waals surface area (Å²) in [5, 5.41) is 22.3. The minimum absolute atomic E-state index is 0.102. The second kappa shape index (κ2) is 10.2. The smallest absolute Gasteiger partial charge is 0.212 e. The van der Waals surface area contributed by atoms with E-state index in [2.05, 4.69) is 44.5 Å². The summed E-state index contributed by atoms with van der Waals surface area (Å²) in [6.45, 7) is 5.08. The van der Waals surface area contributed by atoms with E-state index in [4.69, 9.17) is 14.7 Å². The van der Waals surface area contributed by atoms with Crippen LogP contribution in [0.4, 0.5) is 5.82 Å². The molecule has 212 valence electrons. The van der Waals surface area contributed by atoms with Crippen molar-refractivity contribution in [2.45, 2.75) is 31.8 Å². The quantitative estimate of drug-likeness (QED) is 0.316. The number of nitrogens with zero attached hydrogens (tertiary/aromatic N) is 9. The number of anilines is 1. The summed E-state index contributed by atoms with van der Waals surface area (Å²) in [6.07, 6.45) is 15.1. The Hall–Kier alpha value is -4.82. The predicted octanol–water partition coefficient (Wildman–Crippen LogP) is 3.86. The number of nitriles is 1. The summed E-state index contributed by atoms with van der Waals surface area (Å²) < 4.78 is 8.68. The van der Waals surface area contributed by atoms with Crippen molar-refractivity contribution in [3.8, 4) is 34.3 Å². The Morgan fingerprint density at radius 3 is 2.48 bits per heavy atom. The molecule has 0 aromatic carbocycles. The van der Waals surface area contributed by atoms with Crippen LogP contribution in [0.2, 0.25) is 0 Å². The van der Waals surface area contributed by atoms with Crippen LogP contribution >= 0.6 is 0 Å². The fourth-order valence-corrected chi connectivity index (χ4v) is 6.68. The van der Waals surface area contributed by atoms with Crippen LogP contribution in [0.3, 0.4) is 0 Å². The van der Waals surface area contributed by atoms with E-state index in [0.717, 1.165) is 66.1 Å². The second-order valence-corrected chi connectivity index (χ2v) is 11.7. The van der Waals surface area contributed by atoms with Gasteiger partial charge in [-0.3, -0.25) is 9.67 Å². The van der Waals surface area contributed by atoms with Gasteiger partial charge in [-0.25, -0.2) is 14.5 Å². The van der Waals surface area contributed by atoms with Crippen molar-refractivity contribution in [1.29, 1.82) is 5.26 Å². The highest BCUT2D eigenvalue weighted by molar-refractivity contribution is 5.86. The number of methoxy groups -OCH3 is 1. The molecule has 0 radical (unpaired) electrons. The Morgan fingerprint density at radius 1 is 1.00 bits per heavy atom. The molecule has 1 aliphatic carbocycles. The Kier molecular flexibility index (Phi) is 6.35. The summed E-state index contributed by atoms with van der Waals surface area (Å²) >= 11 is 0. The van der Waals surface area contributed by atoms with Crippen molar-refractivity contribution in [1.82, 2.24) is 39.7 Å². The molecule has 42 heavy (non-hydrogen) atoms. The third-order valence-corrected chi connectivity index (χ3v) is 8.74. The van der Waals surface area contributed by atoms with Gasteiger partial charge >= 0.3 is 0 Å². The minimum atomic E-state index is 0.102. The number of nitrogens with one attached hydrogen (secondary N) is 1. The monoisotopic (exact) mass is 560 g/mol. The second-order valence-electron chi connectivity index (χ2n) is 11.7. The van der Waals surface area contributed by atoms with Crippen LogP contribution in [0.1, 0.15) is 30.9 Å². The van der Waals surface area contributed by atoms with Gasteiger partial charge in [-0.2, -0.15) is 15.5 Å².